The lowest BCUT2D eigenvalue weighted by Gasteiger charge is -2.14. The molecular weight excluding hydrogens is 489 g/mol. The zero-order valence-electron chi connectivity index (χ0n) is 17.5. The molecule has 0 saturated heterocycles. The van der Waals surface area contributed by atoms with Crippen LogP contribution in [0.3, 0.4) is 0 Å². The summed E-state index contributed by atoms with van der Waals surface area (Å²) >= 11 is 12.0. The minimum absolute atomic E-state index is 0.120. The van der Waals surface area contributed by atoms with E-state index < -0.39 is 15.9 Å². The highest BCUT2D eigenvalue weighted by molar-refractivity contribution is 7.92. The number of amides is 2. The van der Waals surface area contributed by atoms with Crippen molar-refractivity contribution < 1.29 is 22.7 Å². The Kier molecular flexibility index (Phi) is 7.47. The van der Waals surface area contributed by atoms with E-state index in [9.17, 15) is 18.0 Å². The first kappa shape index (κ1) is 24.4. The van der Waals surface area contributed by atoms with E-state index in [0.29, 0.717) is 10.7 Å². The fourth-order valence-corrected chi connectivity index (χ4v) is 4.46. The van der Waals surface area contributed by atoms with Crippen LogP contribution in [0.25, 0.3) is 0 Å². The molecular formula is C22H19Cl2N3O5S. The molecule has 0 aromatic heterocycles. The van der Waals surface area contributed by atoms with Gasteiger partial charge in [0.15, 0.2) is 0 Å². The molecule has 0 aliphatic heterocycles. The van der Waals surface area contributed by atoms with Crippen molar-refractivity contribution in [3.05, 3.63) is 76.3 Å². The van der Waals surface area contributed by atoms with Crippen LogP contribution in [0.5, 0.6) is 5.75 Å². The molecule has 11 heteroatoms. The van der Waals surface area contributed by atoms with Gasteiger partial charge in [0.1, 0.15) is 5.75 Å². The van der Waals surface area contributed by atoms with E-state index in [1.54, 1.807) is 12.1 Å². The maximum atomic E-state index is 12.9. The first-order valence-electron chi connectivity index (χ1n) is 9.44. The molecule has 172 valence electrons. The van der Waals surface area contributed by atoms with Crippen molar-refractivity contribution in [2.24, 2.45) is 0 Å². The molecule has 0 spiro atoms. The number of sulfonamides is 1. The van der Waals surface area contributed by atoms with Crippen LogP contribution in [0.2, 0.25) is 10.0 Å². The molecule has 3 rings (SSSR count). The Morgan fingerprint density at radius 2 is 1.64 bits per heavy atom. The molecule has 8 nitrogen and oxygen atoms in total. The number of anilines is 3. The van der Waals surface area contributed by atoms with Crippen LogP contribution in [0, 0.1) is 0 Å². The van der Waals surface area contributed by atoms with Gasteiger partial charge < -0.3 is 15.4 Å². The van der Waals surface area contributed by atoms with E-state index in [4.69, 9.17) is 27.9 Å². The van der Waals surface area contributed by atoms with Crippen molar-refractivity contribution in [2.45, 2.75) is 11.8 Å². The van der Waals surface area contributed by atoms with E-state index in [2.05, 4.69) is 15.4 Å². The summed E-state index contributed by atoms with van der Waals surface area (Å²) < 4.78 is 33.6. The van der Waals surface area contributed by atoms with Gasteiger partial charge in [0.05, 0.1) is 34.0 Å². The van der Waals surface area contributed by atoms with E-state index in [1.165, 1.54) is 62.6 Å². The maximum Gasteiger partial charge on any atom is 0.261 e. The van der Waals surface area contributed by atoms with Crippen LogP contribution in [0.1, 0.15) is 17.3 Å². The minimum atomic E-state index is -4.03. The lowest BCUT2D eigenvalue weighted by atomic mass is 10.2. The van der Waals surface area contributed by atoms with Gasteiger partial charge in [-0.2, -0.15) is 0 Å². The molecule has 3 N–H and O–H groups in total. The van der Waals surface area contributed by atoms with Gasteiger partial charge >= 0.3 is 0 Å². The number of hydrogen-bond donors (Lipinski definition) is 3. The third-order valence-corrected chi connectivity index (χ3v) is 6.27. The second-order valence-electron chi connectivity index (χ2n) is 6.81. The van der Waals surface area contributed by atoms with Gasteiger partial charge in [-0.1, -0.05) is 29.3 Å². The number of ether oxygens (including phenoxy) is 1. The summed E-state index contributed by atoms with van der Waals surface area (Å²) in [4.78, 5) is 23.8. The van der Waals surface area contributed by atoms with Gasteiger partial charge in [-0.25, -0.2) is 8.42 Å². The van der Waals surface area contributed by atoms with Gasteiger partial charge in [0.2, 0.25) is 5.91 Å². The van der Waals surface area contributed by atoms with Crippen LogP contribution in [0.15, 0.2) is 65.6 Å². The van der Waals surface area contributed by atoms with E-state index >= 15 is 0 Å². The molecule has 0 saturated carbocycles. The van der Waals surface area contributed by atoms with Crippen molar-refractivity contribution in [3.8, 4) is 5.75 Å². The van der Waals surface area contributed by atoms with Crippen LogP contribution < -0.4 is 20.1 Å². The van der Waals surface area contributed by atoms with Crippen LogP contribution in [-0.2, 0) is 14.8 Å². The number of methoxy groups -OCH3 is 1. The van der Waals surface area contributed by atoms with Crippen molar-refractivity contribution >= 4 is 62.1 Å². The molecule has 0 radical (unpaired) electrons. The predicted octanol–water partition coefficient (Wildman–Crippen LogP) is 5.01. The third kappa shape index (κ3) is 6.16. The second-order valence-corrected chi connectivity index (χ2v) is 9.33. The quantitative estimate of drug-likeness (QED) is 0.415. The van der Waals surface area contributed by atoms with Gasteiger partial charge in [-0.05, 0) is 54.6 Å². The Labute approximate surface area is 200 Å². The monoisotopic (exact) mass is 507 g/mol. The zero-order chi connectivity index (χ0) is 24.2. The summed E-state index contributed by atoms with van der Waals surface area (Å²) in [5.41, 5.74) is 0.966. The molecule has 0 fully saturated rings. The molecule has 0 atom stereocenters. The van der Waals surface area contributed by atoms with Gasteiger partial charge in [0, 0.05) is 17.6 Å². The average Bonchev–Trinajstić information content (AvgIpc) is 2.73. The van der Waals surface area contributed by atoms with Gasteiger partial charge in [-0.15, -0.1) is 0 Å². The first-order valence-corrected chi connectivity index (χ1v) is 11.7. The Balaban J connectivity index is 1.89. The molecule has 0 unspecified atom stereocenters. The minimum Gasteiger partial charge on any atom is -0.495 e. The number of carbonyl (C=O) groups excluding carboxylic acids is 2. The molecule has 2 amide bonds. The molecule has 3 aromatic rings. The molecule has 0 aliphatic rings. The lowest BCUT2D eigenvalue weighted by Crippen LogP contribution is -2.16. The van der Waals surface area contributed by atoms with Gasteiger partial charge in [-0.3, -0.25) is 14.3 Å². The Morgan fingerprint density at radius 1 is 0.909 bits per heavy atom. The third-order valence-electron chi connectivity index (χ3n) is 4.34. The topological polar surface area (TPSA) is 114 Å². The van der Waals surface area contributed by atoms with Crippen molar-refractivity contribution in [3.63, 3.8) is 0 Å². The molecule has 0 aliphatic carbocycles. The SMILES string of the molecule is COc1ccc(S(=O)(=O)Nc2cccc(NC(C)=O)c2)cc1NC(=O)c1ccc(Cl)cc1Cl. The highest BCUT2D eigenvalue weighted by atomic mass is 35.5. The Morgan fingerprint density at radius 3 is 2.30 bits per heavy atom. The standard InChI is InChI=1S/C22H19Cl2N3O5S/c1-13(28)25-15-4-3-5-16(11-15)27-33(30,31)17-7-9-21(32-2)20(12-17)26-22(29)18-8-6-14(23)10-19(18)24/h3-12,27H,1-2H3,(H,25,28)(H,26,29). The lowest BCUT2D eigenvalue weighted by molar-refractivity contribution is -0.114. The predicted molar refractivity (Wildman–Crippen MR) is 129 cm³/mol. The number of rotatable bonds is 7. The Hall–Kier alpha value is -3.27. The zero-order valence-corrected chi connectivity index (χ0v) is 19.8. The number of nitrogens with one attached hydrogen (secondary N) is 3. The van der Waals surface area contributed by atoms with Crippen LogP contribution in [-0.4, -0.2) is 27.3 Å². The highest BCUT2D eigenvalue weighted by Gasteiger charge is 2.19. The number of benzene rings is 3. The largest absolute Gasteiger partial charge is 0.495 e. The van der Waals surface area contributed by atoms with Crippen molar-refractivity contribution in [1.82, 2.24) is 0 Å². The molecule has 33 heavy (non-hydrogen) atoms. The van der Waals surface area contributed by atoms with Crippen LogP contribution >= 0.6 is 23.2 Å². The van der Waals surface area contributed by atoms with Crippen molar-refractivity contribution in [2.75, 3.05) is 22.5 Å². The number of halogens is 2. The van der Waals surface area contributed by atoms with E-state index in [-0.39, 0.29) is 38.5 Å². The maximum absolute atomic E-state index is 12.9. The first-order chi connectivity index (χ1) is 15.6. The number of carbonyl (C=O) groups is 2. The summed E-state index contributed by atoms with van der Waals surface area (Å²) in [6.45, 7) is 1.35. The molecule has 3 aromatic carbocycles. The second kappa shape index (κ2) is 10.1. The smallest absolute Gasteiger partial charge is 0.261 e. The highest BCUT2D eigenvalue weighted by Crippen LogP contribution is 2.30. The van der Waals surface area contributed by atoms with Crippen molar-refractivity contribution in [1.29, 1.82) is 0 Å². The summed E-state index contributed by atoms with van der Waals surface area (Å²) in [5.74, 6) is -0.605. The summed E-state index contributed by atoms with van der Waals surface area (Å²) in [5, 5.41) is 5.71. The van der Waals surface area contributed by atoms with E-state index in [0.717, 1.165) is 0 Å². The molecule has 0 heterocycles. The Bertz CT molecular complexity index is 1330. The molecule has 0 bridgehead atoms. The summed E-state index contributed by atoms with van der Waals surface area (Å²) in [6, 6.07) is 14.7. The van der Waals surface area contributed by atoms with Gasteiger partial charge in [0.25, 0.3) is 15.9 Å². The summed E-state index contributed by atoms with van der Waals surface area (Å²) in [7, 11) is -2.64. The van der Waals surface area contributed by atoms with Crippen LogP contribution in [0.4, 0.5) is 17.1 Å². The fraction of sp³-hybridized carbons (Fsp3) is 0.0909. The summed E-state index contributed by atoms with van der Waals surface area (Å²) in [6.07, 6.45) is 0. The average molecular weight is 508 g/mol. The number of hydrogen-bond acceptors (Lipinski definition) is 5. The van der Waals surface area contributed by atoms with E-state index in [1.807, 2.05) is 0 Å². The fourth-order valence-electron chi connectivity index (χ4n) is 2.89. The normalized spacial score (nSPS) is 10.9.